The van der Waals surface area contributed by atoms with Gasteiger partial charge in [0.1, 0.15) is 0 Å². The van der Waals surface area contributed by atoms with Crippen molar-refractivity contribution in [1.29, 1.82) is 0 Å². The molecular formula is C14H14N2O5S2. The third-order valence-corrected chi connectivity index (χ3v) is 5.75. The fourth-order valence-electron chi connectivity index (χ4n) is 1.74. The van der Waals surface area contributed by atoms with Crippen molar-refractivity contribution in [1.82, 2.24) is 9.44 Å². The predicted octanol–water partition coefficient (Wildman–Crippen LogP) is 0.713. The van der Waals surface area contributed by atoms with E-state index >= 15 is 0 Å². The van der Waals surface area contributed by atoms with E-state index in [1.807, 2.05) is 4.72 Å². The summed E-state index contributed by atoms with van der Waals surface area (Å²) in [5.41, 5.74) is 0.0274. The Morgan fingerprint density at radius 3 is 1.83 bits per heavy atom. The molecule has 122 valence electrons. The highest BCUT2D eigenvalue weighted by molar-refractivity contribution is 7.90. The van der Waals surface area contributed by atoms with Crippen LogP contribution in [0.3, 0.4) is 0 Å². The van der Waals surface area contributed by atoms with Crippen LogP contribution < -0.4 is 9.44 Å². The van der Waals surface area contributed by atoms with Crippen molar-refractivity contribution >= 4 is 26.0 Å². The van der Waals surface area contributed by atoms with Gasteiger partial charge in [0, 0.05) is 5.56 Å². The van der Waals surface area contributed by atoms with Crippen LogP contribution in [0.2, 0.25) is 0 Å². The Labute approximate surface area is 134 Å². The highest BCUT2D eigenvalue weighted by Crippen LogP contribution is 2.12. The van der Waals surface area contributed by atoms with Crippen LogP contribution in [0.4, 0.5) is 0 Å². The Bertz CT molecular complexity index is 905. The van der Waals surface area contributed by atoms with Crippen molar-refractivity contribution < 1.29 is 21.6 Å². The summed E-state index contributed by atoms with van der Waals surface area (Å²) in [7, 11) is -6.33. The van der Waals surface area contributed by atoms with Crippen molar-refractivity contribution in [2.24, 2.45) is 0 Å². The smallest absolute Gasteiger partial charge is 0.264 e. The minimum Gasteiger partial charge on any atom is -0.268 e. The number of hydrogen-bond acceptors (Lipinski definition) is 5. The molecule has 0 atom stereocenters. The summed E-state index contributed by atoms with van der Waals surface area (Å²) in [6, 6.07) is 12.4. The van der Waals surface area contributed by atoms with E-state index in [1.54, 1.807) is 6.07 Å². The van der Waals surface area contributed by atoms with Gasteiger partial charge >= 0.3 is 0 Å². The number of carbonyl (C=O) groups excluding carboxylic acids is 1. The molecule has 0 bridgehead atoms. The Balaban J connectivity index is 2.22. The van der Waals surface area contributed by atoms with Gasteiger partial charge in [0.05, 0.1) is 9.79 Å². The second-order valence-corrected chi connectivity index (χ2v) is 8.05. The molecule has 7 nitrogen and oxygen atoms in total. The maximum Gasteiger partial charge on any atom is 0.264 e. The van der Waals surface area contributed by atoms with Crippen molar-refractivity contribution in [3.8, 4) is 0 Å². The lowest BCUT2D eigenvalue weighted by molar-refractivity contribution is 0.0981. The van der Waals surface area contributed by atoms with E-state index in [0.29, 0.717) is 0 Å². The first-order chi connectivity index (χ1) is 10.8. The van der Waals surface area contributed by atoms with Crippen LogP contribution in [0.15, 0.2) is 64.4 Å². The fourth-order valence-corrected chi connectivity index (χ4v) is 3.47. The van der Waals surface area contributed by atoms with Gasteiger partial charge in [-0.2, -0.15) is 0 Å². The number of nitrogens with one attached hydrogen (secondary N) is 2. The molecule has 0 saturated heterocycles. The normalized spacial score (nSPS) is 11.9. The van der Waals surface area contributed by atoms with Gasteiger partial charge in [-0.05, 0) is 43.4 Å². The number of sulfonamides is 2. The summed E-state index contributed by atoms with van der Waals surface area (Å²) in [5.74, 6) is -0.845. The van der Waals surface area contributed by atoms with Gasteiger partial charge in [0.15, 0.2) is 0 Å². The van der Waals surface area contributed by atoms with Gasteiger partial charge in [0.2, 0.25) is 10.0 Å². The molecule has 2 aromatic carbocycles. The van der Waals surface area contributed by atoms with Crippen LogP contribution in [0.25, 0.3) is 0 Å². The first-order valence-corrected chi connectivity index (χ1v) is 9.39. The molecule has 0 spiro atoms. The van der Waals surface area contributed by atoms with E-state index in [2.05, 4.69) is 4.72 Å². The Kier molecular flexibility index (Phi) is 4.83. The molecule has 0 unspecified atom stereocenters. The summed E-state index contributed by atoms with van der Waals surface area (Å²) >= 11 is 0. The lowest BCUT2D eigenvalue weighted by Crippen LogP contribution is -2.30. The molecule has 2 rings (SSSR count). The van der Waals surface area contributed by atoms with Crippen LogP contribution >= 0.6 is 0 Å². The quantitative estimate of drug-likeness (QED) is 0.822. The second kappa shape index (κ2) is 6.49. The van der Waals surface area contributed by atoms with Crippen LogP contribution in [0.5, 0.6) is 0 Å². The lowest BCUT2D eigenvalue weighted by Gasteiger charge is -2.07. The highest BCUT2D eigenvalue weighted by atomic mass is 32.2. The minimum absolute atomic E-state index is 0.0255. The van der Waals surface area contributed by atoms with Crippen LogP contribution in [0, 0.1) is 0 Å². The Morgan fingerprint density at radius 2 is 1.30 bits per heavy atom. The molecule has 0 saturated carbocycles. The summed E-state index contributed by atoms with van der Waals surface area (Å²) in [6.07, 6.45) is 0. The van der Waals surface area contributed by atoms with Gasteiger partial charge in [0.25, 0.3) is 15.9 Å². The number of carbonyl (C=O) groups is 1. The first-order valence-electron chi connectivity index (χ1n) is 6.42. The Morgan fingerprint density at radius 1 is 0.783 bits per heavy atom. The fraction of sp³-hybridized carbons (Fsp3) is 0.0714. The molecule has 0 radical (unpaired) electrons. The minimum atomic E-state index is -3.98. The van der Waals surface area contributed by atoms with Gasteiger partial charge in [-0.3, -0.25) is 4.79 Å². The number of amides is 1. The SMILES string of the molecule is CNS(=O)(=O)c1ccc(C(=O)NS(=O)(=O)c2ccccc2)cc1. The average Bonchev–Trinajstić information content (AvgIpc) is 2.55. The van der Waals surface area contributed by atoms with Crippen LogP contribution in [-0.4, -0.2) is 29.8 Å². The number of benzene rings is 2. The molecule has 2 N–H and O–H groups in total. The van der Waals surface area contributed by atoms with Gasteiger partial charge < -0.3 is 0 Å². The predicted molar refractivity (Wildman–Crippen MR) is 83.8 cm³/mol. The maximum atomic E-state index is 12.1. The molecule has 0 fully saturated rings. The molecule has 0 aromatic heterocycles. The maximum absolute atomic E-state index is 12.1. The standard InChI is InChI=1S/C14H14N2O5S2/c1-15-22(18,19)13-9-7-11(8-10-13)14(17)16-23(20,21)12-5-3-2-4-6-12/h2-10,15H,1H3,(H,16,17). The summed E-state index contributed by atoms with van der Waals surface area (Å²) in [4.78, 5) is 11.9. The highest BCUT2D eigenvalue weighted by Gasteiger charge is 2.19. The third kappa shape index (κ3) is 3.95. The summed E-state index contributed by atoms with van der Waals surface area (Å²) in [6.45, 7) is 0. The molecule has 1 amide bonds. The van der Waals surface area contributed by atoms with Gasteiger partial charge in [-0.25, -0.2) is 26.3 Å². The van der Waals surface area contributed by atoms with Crippen molar-refractivity contribution in [3.05, 3.63) is 60.2 Å². The topological polar surface area (TPSA) is 109 Å². The molecular weight excluding hydrogens is 340 g/mol. The molecule has 9 heteroatoms. The molecule has 0 aliphatic rings. The van der Waals surface area contributed by atoms with Gasteiger partial charge in [-0.1, -0.05) is 18.2 Å². The monoisotopic (exact) mass is 354 g/mol. The first kappa shape index (κ1) is 17.1. The van der Waals surface area contributed by atoms with E-state index in [0.717, 1.165) is 0 Å². The zero-order valence-corrected chi connectivity index (χ0v) is 13.7. The average molecular weight is 354 g/mol. The van der Waals surface area contributed by atoms with Crippen molar-refractivity contribution in [2.45, 2.75) is 9.79 Å². The zero-order chi connectivity index (χ0) is 17.1. The van der Waals surface area contributed by atoms with Crippen molar-refractivity contribution in [2.75, 3.05) is 7.05 Å². The molecule has 23 heavy (non-hydrogen) atoms. The molecule has 0 heterocycles. The van der Waals surface area contributed by atoms with E-state index in [-0.39, 0.29) is 15.4 Å². The lowest BCUT2D eigenvalue weighted by atomic mass is 10.2. The second-order valence-electron chi connectivity index (χ2n) is 4.48. The molecule has 0 aliphatic carbocycles. The van der Waals surface area contributed by atoms with E-state index < -0.39 is 26.0 Å². The van der Waals surface area contributed by atoms with E-state index in [9.17, 15) is 21.6 Å². The van der Waals surface area contributed by atoms with E-state index in [4.69, 9.17) is 0 Å². The van der Waals surface area contributed by atoms with Crippen molar-refractivity contribution in [3.63, 3.8) is 0 Å². The number of hydrogen-bond donors (Lipinski definition) is 2. The molecule has 0 aliphatic heterocycles. The summed E-state index contributed by atoms with van der Waals surface area (Å²) in [5, 5.41) is 0. The van der Waals surface area contributed by atoms with Gasteiger partial charge in [-0.15, -0.1) is 0 Å². The van der Waals surface area contributed by atoms with E-state index in [1.165, 1.54) is 55.6 Å². The summed E-state index contributed by atoms with van der Waals surface area (Å²) < 4.78 is 51.3. The largest absolute Gasteiger partial charge is 0.268 e. The number of rotatable bonds is 5. The molecule has 2 aromatic rings. The third-order valence-electron chi connectivity index (χ3n) is 2.98. The Hall–Kier alpha value is -2.23. The van der Waals surface area contributed by atoms with Crippen LogP contribution in [-0.2, 0) is 20.0 Å². The zero-order valence-electron chi connectivity index (χ0n) is 12.1. The van der Waals surface area contributed by atoms with Crippen LogP contribution in [0.1, 0.15) is 10.4 Å².